The third-order valence-corrected chi connectivity index (χ3v) is 4.91. The van der Waals surface area contributed by atoms with Gasteiger partial charge in [0.2, 0.25) is 0 Å². The smallest absolute Gasteiger partial charge is 0.123 e. The van der Waals surface area contributed by atoms with Crippen molar-refractivity contribution in [3.05, 3.63) is 35.6 Å². The number of hydrogen-bond donors (Lipinski definition) is 1. The molecule has 1 N–H and O–H groups in total. The Labute approximate surface area is 109 Å². The molecule has 2 heteroatoms. The van der Waals surface area contributed by atoms with Crippen molar-refractivity contribution in [3.8, 4) is 0 Å². The lowest BCUT2D eigenvalue weighted by Gasteiger charge is -2.35. The third-order valence-electron chi connectivity index (χ3n) is 4.91. The van der Waals surface area contributed by atoms with E-state index in [1.54, 1.807) is 12.1 Å². The normalized spacial score (nSPS) is 31.8. The fourth-order valence-corrected chi connectivity index (χ4v) is 3.44. The minimum atomic E-state index is -0.130. The molecule has 0 radical (unpaired) electrons. The predicted octanol–water partition coefficient (Wildman–Crippen LogP) is 3.64. The summed E-state index contributed by atoms with van der Waals surface area (Å²) in [5.74, 6) is 0.559. The van der Waals surface area contributed by atoms with Crippen molar-refractivity contribution in [3.63, 3.8) is 0 Å². The van der Waals surface area contributed by atoms with Crippen molar-refractivity contribution in [2.75, 3.05) is 6.54 Å². The summed E-state index contributed by atoms with van der Waals surface area (Å²) in [5.41, 5.74) is 1.55. The highest BCUT2D eigenvalue weighted by atomic mass is 19.1. The molecule has 1 aromatic rings. The summed E-state index contributed by atoms with van der Waals surface area (Å²) >= 11 is 0. The number of halogens is 1. The van der Waals surface area contributed by atoms with Crippen LogP contribution in [0.1, 0.15) is 44.6 Å². The number of benzene rings is 1. The van der Waals surface area contributed by atoms with E-state index in [4.69, 9.17) is 0 Å². The summed E-state index contributed by atoms with van der Waals surface area (Å²) < 4.78 is 13.1. The van der Waals surface area contributed by atoms with Crippen LogP contribution in [-0.4, -0.2) is 12.6 Å². The van der Waals surface area contributed by atoms with Crippen LogP contribution in [0.2, 0.25) is 0 Å². The second kappa shape index (κ2) is 4.65. The van der Waals surface area contributed by atoms with Crippen molar-refractivity contribution in [1.29, 1.82) is 0 Å². The van der Waals surface area contributed by atoms with Gasteiger partial charge in [-0.3, -0.25) is 0 Å². The van der Waals surface area contributed by atoms with Crippen molar-refractivity contribution < 1.29 is 4.39 Å². The Bertz CT molecular complexity index is 410. The average molecular weight is 247 g/mol. The molecule has 2 aliphatic rings. The quantitative estimate of drug-likeness (QED) is 0.856. The number of nitrogens with one attached hydrogen (secondary N) is 1. The Morgan fingerprint density at radius 3 is 2.50 bits per heavy atom. The molecule has 2 unspecified atom stereocenters. The standard InChI is InChI=1S/C16H22FN/c1-12-3-2-10-16(12,11-18-15-8-9-15)13-4-6-14(17)7-5-13/h4-7,12,15,18H,2-3,8-11H2,1H3. The highest BCUT2D eigenvalue weighted by Gasteiger charge is 2.42. The largest absolute Gasteiger partial charge is 0.313 e. The summed E-state index contributed by atoms with van der Waals surface area (Å²) in [4.78, 5) is 0. The molecule has 2 atom stereocenters. The molecule has 3 rings (SSSR count). The van der Waals surface area contributed by atoms with E-state index >= 15 is 0 Å². The molecular formula is C16H22FN. The minimum absolute atomic E-state index is 0.130. The third kappa shape index (κ3) is 2.18. The highest BCUT2D eigenvalue weighted by molar-refractivity contribution is 5.29. The molecule has 1 aromatic carbocycles. The molecule has 0 aromatic heterocycles. The maximum atomic E-state index is 13.1. The lowest BCUT2D eigenvalue weighted by molar-refractivity contribution is 0.316. The molecule has 0 bridgehead atoms. The summed E-state index contributed by atoms with van der Waals surface area (Å²) in [7, 11) is 0. The fourth-order valence-electron chi connectivity index (χ4n) is 3.44. The lowest BCUT2D eigenvalue weighted by Crippen LogP contribution is -2.41. The Balaban J connectivity index is 1.85. The minimum Gasteiger partial charge on any atom is -0.313 e. The average Bonchev–Trinajstić information content (AvgIpc) is 3.12. The summed E-state index contributed by atoms with van der Waals surface area (Å²) in [5, 5.41) is 3.69. The van der Waals surface area contributed by atoms with Gasteiger partial charge >= 0.3 is 0 Å². The predicted molar refractivity (Wildman–Crippen MR) is 72.1 cm³/mol. The van der Waals surface area contributed by atoms with Gasteiger partial charge in [-0.1, -0.05) is 25.5 Å². The van der Waals surface area contributed by atoms with Gasteiger partial charge < -0.3 is 5.32 Å². The van der Waals surface area contributed by atoms with Gasteiger partial charge in [-0.25, -0.2) is 4.39 Å². The summed E-state index contributed by atoms with van der Waals surface area (Å²) in [6.45, 7) is 3.41. The molecule has 1 nitrogen and oxygen atoms in total. The molecular weight excluding hydrogens is 225 g/mol. The van der Waals surface area contributed by atoms with Crippen LogP contribution < -0.4 is 5.32 Å². The highest BCUT2D eigenvalue weighted by Crippen LogP contribution is 2.45. The molecule has 98 valence electrons. The van der Waals surface area contributed by atoms with E-state index in [0.29, 0.717) is 5.92 Å². The van der Waals surface area contributed by atoms with E-state index in [-0.39, 0.29) is 11.2 Å². The Morgan fingerprint density at radius 2 is 1.94 bits per heavy atom. The molecule has 0 aliphatic heterocycles. The molecule has 18 heavy (non-hydrogen) atoms. The zero-order chi connectivity index (χ0) is 12.6. The molecule has 2 fully saturated rings. The van der Waals surface area contributed by atoms with E-state index in [1.807, 2.05) is 12.1 Å². The second-order valence-electron chi connectivity index (χ2n) is 6.11. The van der Waals surface area contributed by atoms with Crippen molar-refractivity contribution in [2.45, 2.75) is 50.5 Å². The van der Waals surface area contributed by atoms with Crippen LogP contribution in [0.3, 0.4) is 0 Å². The Hall–Kier alpha value is -0.890. The van der Waals surface area contributed by atoms with Crippen LogP contribution in [0.4, 0.5) is 4.39 Å². The van der Waals surface area contributed by atoms with Gasteiger partial charge in [0.15, 0.2) is 0 Å². The monoisotopic (exact) mass is 247 g/mol. The van der Waals surface area contributed by atoms with Crippen LogP contribution >= 0.6 is 0 Å². The second-order valence-corrected chi connectivity index (χ2v) is 6.11. The SMILES string of the molecule is CC1CCCC1(CNC1CC1)c1ccc(F)cc1. The first-order chi connectivity index (χ1) is 8.71. The van der Waals surface area contributed by atoms with Crippen LogP contribution in [0.25, 0.3) is 0 Å². The fraction of sp³-hybridized carbons (Fsp3) is 0.625. The van der Waals surface area contributed by atoms with Gasteiger partial charge in [0.25, 0.3) is 0 Å². The van der Waals surface area contributed by atoms with Gasteiger partial charge in [0, 0.05) is 18.0 Å². The first kappa shape index (κ1) is 12.2. The van der Waals surface area contributed by atoms with E-state index in [9.17, 15) is 4.39 Å². The van der Waals surface area contributed by atoms with Crippen molar-refractivity contribution in [1.82, 2.24) is 5.32 Å². The van der Waals surface area contributed by atoms with Gasteiger partial charge in [-0.15, -0.1) is 0 Å². The van der Waals surface area contributed by atoms with E-state index in [2.05, 4.69) is 12.2 Å². The van der Waals surface area contributed by atoms with Gasteiger partial charge in [-0.2, -0.15) is 0 Å². The van der Waals surface area contributed by atoms with Crippen LogP contribution in [0.15, 0.2) is 24.3 Å². The van der Waals surface area contributed by atoms with E-state index in [0.717, 1.165) is 12.6 Å². The van der Waals surface area contributed by atoms with E-state index in [1.165, 1.54) is 37.7 Å². The van der Waals surface area contributed by atoms with Crippen molar-refractivity contribution >= 4 is 0 Å². The molecule has 2 saturated carbocycles. The van der Waals surface area contributed by atoms with Crippen LogP contribution in [-0.2, 0) is 5.41 Å². The van der Waals surface area contributed by atoms with Gasteiger partial charge in [0.1, 0.15) is 5.82 Å². The zero-order valence-corrected chi connectivity index (χ0v) is 11.1. The lowest BCUT2D eigenvalue weighted by atomic mass is 9.73. The Morgan fingerprint density at radius 1 is 1.22 bits per heavy atom. The van der Waals surface area contributed by atoms with Gasteiger partial charge in [0.05, 0.1) is 0 Å². The molecule has 0 saturated heterocycles. The zero-order valence-electron chi connectivity index (χ0n) is 11.1. The number of rotatable bonds is 4. The maximum absolute atomic E-state index is 13.1. The van der Waals surface area contributed by atoms with Crippen LogP contribution in [0.5, 0.6) is 0 Å². The van der Waals surface area contributed by atoms with E-state index < -0.39 is 0 Å². The molecule has 0 spiro atoms. The topological polar surface area (TPSA) is 12.0 Å². The number of hydrogen-bond acceptors (Lipinski definition) is 1. The van der Waals surface area contributed by atoms with Crippen LogP contribution in [0, 0.1) is 11.7 Å². The first-order valence-electron chi connectivity index (χ1n) is 7.20. The Kier molecular flexibility index (Phi) is 3.14. The summed E-state index contributed by atoms with van der Waals surface area (Å²) in [6, 6.07) is 7.95. The molecule has 2 aliphatic carbocycles. The summed E-state index contributed by atoms with van der Waals surface area (Å²) in [6.07, 6.45) is 6.48. The molecule has 0 heterocycles. The first-order valence-corrected chi connectivity index (χ1v) is 7.20. The maximum Gasteiger partial charge on any atom is 0.123 e. The van der Waals surface area contributed by atoms with Crippen molar-refractivity contribution in [2.24, 2.45) is 5.92 Å². The molecule has 0 amide bonds. The van der Waals surface area contributed by atoms with Gasteiger partial charge in [-0.05, 0) is 49.3 Å².